The molecule has 112 valence electrons. The van der Waals surface area contributed by atoms with E-state index in [0.29, 0.717) is 6.61 Å². The highest BCUT2D eigenvalue weighted by Crippen LogP contribution is 2.15. The van der Waals surface area contributed by atoms with E-state index in [1.165, 1.54) is 4.90 Å². The minimum atomic E-state index is -0.648. The number of hydrogen-bond acceptors (Lipinski definition) is 4. The number of carbonyl (C=O) groups is 3. The highest BCUT2D eigenvalue weighted by atomic mass is 16.5. The Morgan fingerprint density at radius 2 is 2.00 bits per heavy atom. The van der Waals surface area contributed by atoms with Crippen molar-refractivity contribution in [3.63, 3.8) is 0 Å². The lowest BCUT2D eigenvalue weighted by atomic mass is 10.1. The van der Waals surface area contributed by atoms with Gasteiger partial charge in [0.15, 0.2) is 0 Å². The Labute approximate surface area is 123 Å². The summed E-state index contributed by atoms with van der Waals surface area (Å²) in [5.41, 5.74) is 0.882. The van der Waals surface area contributed by atoms with E-state index < -0.39 is 12.1 Å². The first-order valence-electron chi connectivity index (χ1n) is 6.93. The minimum Gasteiger partial charge on any atom is -0.466 e. The molecule has 1 atom stereocenters. The molecule has 1 heterocycles. The summed E-state index contributed by atoms with van der Waals surface area (Å²) in [7, 11) is 0. The SMILES string of the molecule is CCOC(=O)CCC1NC(=O)N(Cc2ccccc2)C1=O. The van der Waals surface area contributed by atoms with Crippen molar-refractivity contribution in [2.75, 3.05) is 6.61 Å². The van der Waals surface area contributed by atoms with Crippen LogP contribution in [0.4, 0.5) is 4.79 Å². The van der Waals surface area contributed by atoms with E-state index in [2.05, 4.69) is 5.32 Å². The van der Waals surface area contributed by atoms with Crippen molar-refractivity contribution < 1.29 is 19.1 Å². The third-order valence-corrected chi connectivity index (χ3v) is 3.23. The summed E-state index contributed by atoms with van der Waals surface area (Å²) < 4.78 is 4.81. The largest absolute Gasteiger partial charge is 0.466 e. The number of imide groups is 1. The van der Waals surface area contributed by atoms with Gasteiger partial charge in [-0.1, -0.05) is 30.3 Å². The van der Waals surface area contributed by atoms with Crippen LogP contribution in [0, 0.1) is 0 Å². The molecule has 6 nitrogen and oxygen atoms in total. The van der Waals surface area contributed by atoms with Gasteiger partial charge < -0.3 is 10.1 Å². The average Bonchev–Trinajstić information content (AvgIpc) is 2.74. The van der Waals surface area contributed by atoms with Crippen LogP contribution in [0.2, 0.25) is 0 Å². The number of rotatable bonds is 6. The Bertz CT molecular complexity index is 530. The van der Waals surface area contributed by atoms with Gasteiger partial charge in [-0.3, -0.25) is 14.5 Å². The van der Waals surface area contributed by atoms with Crippen LogP contribution in [0.15, 0.2) is 30.3 Å². The molecule has 0 aliphatic carbocycles. The summed E-state index contributed by atoms with van der Waals surface area (Å²) in [4.78, 5) is 36.5. The van der Waals surface area contributed by atoms with Gasteiger partial charge in [-0.15, -0.1) is 0 Å². The second kappa shape index (κ2) is 6.88. The van der Waals surface area contributed by atoms with Gasteiger partial charge in [-0.2, -0.15) is 0 Å². The Kier molecular flexibility index (Phi) is 4.92. The van der Waals surface area contributed by atoms with Gasteiger partial charge in [0, 0.05) is 6.42 Å². The Morgan fingerprint density at radius 1 is 1.29 bits per heavy atom. The number of amides is 3. The van der Waals surface area contributed by atoms with Crippen LogP contribution in [0.5, 0.6) is 0 Å². The number of urea groups is 1. The van der Waals surface area contributed by atoms with Gasteiger partial charge in [0.1, 0.15) is 6.04 Å². The molecule has 6 heteroatoms. The molecular weight excluding hydrogens is 272 g/mol. The monoisotopic (exact) mass is 290 g/mol. The van der Waals surface area contributed by atoms with E-state index in [-0.39, 0.29) is 31.3 Å². The highest BCUT2D eigenvalue weighted by Gasteiger charge is 2.37. The molecule has 1 saturated heterocycles. The summed E-state index contributed by atoms with van der Waals surface area (Å²) in [6.45, 7) is 2.27. The molecule has 1 aliphatic heterocycles. The molecule has 0 spiro atoms. The number of carbonyl (C=O) groups excluding carboxylic acids is 3. The van der Waals surface area contributed by atoms with Crippen LogP contribution >= 0.6 is 0 Å². The van der Waals surface area contributed by atoms with Crippen molar-refractivity contribution in [2.24, 2.45) is 0 Å². The fourth-order valence-corrected chi connectivity index (χ4v) is 2.18. The molecule has 1 aliphatic rings. The lowest BCUT2D eigenvalue weighted by Gasteiger charge is -2.12. The zero-order valence-corrected chi connectivity index (χ0v) is 11.9. The van der Waals surface area contributed by atoms with Crippen molar-refractivity contribution in [1.82, 2.24) is 10.2 Å². The van der Waals surface area contributed by atoms with Gasteiger partial charge in [0.2, 0.25) is 0 Å². The molecule has 1 aromatic rings. The molecule has 1 unspecified atom stereocenters. The fourth-order valence-electron chi connectivity index (χ4n) is 2.18. The maximum absolute atomic E-state index is 12.2. The van der Waals surface area contributed by atoms with E-state index >= 15 is 0 Å². The first-order chi connectivity index (χ1) is 10.1. The van der Waals surface area contributed by atoms with Crippen LogP contribution in [-0.4, -0.2) is 35.5 Å². The first kappa shape index (κ1) is 15.0. The zero-order valence-electron chi connectivity index (χ0n) is 11.9. The molecule has 0 radical (unpaired) electrons. The van der Waals surface area contributed by atoms with Crippen molar-refractivity contribution in [2.45, 2.75) is 32.4 Å². The summed E-state index contributed by atoms with van der Waals surface area (Å²) in [6.07, 6.45) is 0.373. The fraction of sp³-hybridized carbons (Fsp3) is 0.400. The Hall–Kier alpha value is -2.37. The number of nitrogens with zero attached hydrogens (tertiary/aromatic N) is 1. The number of hydrogen-bond donors (Lipinski definition) is 1. The maximum Gasteiger partial charge on any atom is 0.325 e. The Morgan fingerprint density at radius 3 is 2.67 bits per heavy atom. The van der Waals surface area contributed by atoms with E-state index in [0.717, 1.165) is 5.56 Å². The van der Waals surface area contributed by atoms with Gasteiger partial charge in [-0.25, -0.2) is 4.79 Å². The van der Waals surface area contributed by atoms with Crippen molar-refractivity contribution in [1.29, 1.82) is 0 Å². The van der Waals surface area contributed by atoms with Crippen molar-refractivity contribution in [3.8, 4) is 0 Å². The standard InChI is InChI=1S/C15H18N2O4/c1-2-21-13(18)9-8-12-14(19)17(15(20)16-12)10-11-6-4-3-5-7-11/h3-7,12H,2,8-10H2,1H3,(H,16,20). The minimum absolute atomic E-state index is 0.115. The van der Waals surface area contributed by atoms with Crippen LogP contribution < -0.4 is 5.32 Å². The van der Waals surface area contributed by atoms with Gasteiger partial charge >= 0.3 is 12.0 Å². The van der Waals surface area contributed by atoms with Gasteiger partial charge in [0.25, 0.3) is 5.91 Å². The Balaban J connectivity index is 1.92. The second-order valence-corrected chi connectivity index (χ2v) is 4.76. The molecular formula is C15H18N2O4. The van der Waals surface area contributed by atoms with E-state index in [1.54, 1.807) is 6.92 Å². The molecule has 0 saturated carbocycles. The summed E-state index contributed by atoms with van der Waals surface area (Å²) in [5.74, 6) is -0.658. The number of esters is 1. The molecule has 2 rings (SSSR count). The third-order valence-electron chi connectivity index (χ3n) is 3.23. The molecule has 21 heavy (non-hydrogen) atoms. The summed E-state index contributed by atoms with van der Waals surface area (Å²) in [6, 6.07) is 8.22. The molecule has 0 aromatic heterocycles. The van der Waals surface area contributed by atoms with Crippen LogP contribution in [0.1, 0.15) is 25.3 Å². The molecule has 3 amide bonds. The zero-order chi connectivity index (χ0) is 15.2. The number of nitrogens with one attached hydrogen (secondary N) is 1. The van der Waals surface area contributed by atoms with Crippen molar-refractivity contribution in [3.05, 3.63) is 35.9 Å². The number of ether oxygens (including phenoxy) is 1. The summed E-state index contributed by atoms with van der Waals surface area (Å²) >= 11 is 0. The second-order valence-electron chi connectivity index (χ2n) is 4.76. The maximum atomic E-state index is 12.2. The first-order valence-corrected chi connectivity index (χ1v) is 6.93. The van der Waals surface area contributed by atoms with Crippen molar-refractivity contribution >= 4 is 17.9 Å². The van der Waals surface area contributed by atoms with Gasteiger partial charge in [-0.05, 0) is 18.9 Å². The van der Waals surface area contributed by atoms with E-state index in [1.807, 2.05) is 30.3 Å². The predicted octanol–water partition coefficient (Wildman–Crippen LogP) is 1.45. The lowest BCUT2D eigenvalue weighted by Crippen LogP contribution is -2.31. The molecule has 1 fully saturated rings. The quantitative estimate of drug-likeness (QED) is 0.635. The average molecular weight is 290 g/mol. The molecule has 0 bridgehead atoms. The normalized spacial score (nSPS) is 17.8. The third kappa shape index (κ3) is 3.81. The topological polar surface area (TPSA) is 75.7 Å². The van der Waals surface area contributed by atoms with Crippen LogP contribution in [0.25, 0.3) is 0 Å². The smallest absolute Gasteiger partial charge is 0.325 e. The highest BCUT2D eigenvalue weighted by molar-refractivity contribution is 6.04. The van der Waals surface area contributed by atoms with E-state index in [4.69, 9.17) is 4.74 Å². The number of benzene rings is 1. The van der Waals surface area contributed by atoms with Crippen LogP contribution in [0.3, 0.4) is 0 Å². The lowest BCUT2D eigenvalue weighted by molar-refractivity contribution is -0.143. The predicted molar refractivity (Wildman–Crippen MR) is 75.2 cm³/mol. The van der Waals surface area contributed by atoms with Crippen LogP contribution in [-0.2, 0) is 20.9 Å². The summed E-state index contributed by atoms with van der Waals surface area (Å²) in [5, 5.41) is 2.60. The van der Waals surface area contributed by atoms with E-state index in [9.17, 15) is 14.4 Å². The molecule has 1 N–H and O–H groups in total. The van der Waals surface area contributed by atoms with Gasteiger partial charge in [0.05, 0.1) is 13.2 Å². The molecule has 1 aromatic carbocycles.